The smallest absolute Gasteiger partial charge is 0.306 e. The Bertz CT molecular complexity index is 1250. The van der Waals surface area contributed by atoms with Crippen molar-refractivity contribution in [2.45, 2.75) is 0 Å². The number of aromatic nitrogens is 3. The molecular formula is C22H17N7O. The number of carbonyl (C=O) groups excluding carboxylic acids is 1. The molecule has 1 aromatic carbocycles. The minimum absolute atomic E-state index is 0.402. The Balaban J connectivity index is 1.51. The topological polar surface area (TPSA) is 98.7 Å². The lowest BCUT2D eigenvalue weighted by molar-refractivity contribution is 0.224. The fourth-order valence-electron chi connectivity index (χ4n) is 2.83. The molecule has 146 valence electrons. The number of fused-ring (bicyclic) bond motifs is 1. The van der Waals surface area contributed by atoms with Crippen LogP contribution in [-0.4, -0.2) is 38.7 Å². The van der Waals surface area contributed by atoms with Crippen molar-refractivity contribution in [2.75, 3.05) is 12.4 Å². The maximum absolute atomic E-state index is 12.3. The van der Waals surface area contributed by atoms with Gasteiger partial charge in [-0.25, -0.2) is 14.8 Å². The van der Waals surface area contributed by atoms with Gasteiger partial charge in [-0.15, -0.1) is 0 Å². The number of carbonyl (C=O) groups is 1. The monoisotopic (exact) mass is 395 g/mol. The second kappa shape index (κ2) is 8.24. The average molecular weight is 395 g/mol. The van der Waals surface area contributed by atoms with Crippen LogP contribution in [0.25, 0.3) is 16.8 Å². The quantitative estimate of drug-likeness (QED) is 0.420. The molecule has 0 unspecified atom stereocenters. The van der Waals surface area contributed by atoms with Crippen molar-refractivity contribution < 1.29 is 4.79 Å². The normalized spacial score (nSPS) is 10.8. The molecule has 1 N–H and O–H groups in total. The van der Waals surface area contributed by atoms with Gasteiger partial charge in [0.05, 0.1) is 29.7 Å². The highest BCUT2D eigenvalue weighted by Crippen LogP contribution is 2.19. The molecule has 0 aliphatic carbocycles. The average Bonchev–Trinajstić information content (AvgIpc) is 3.20. The van der Waals surface area contributed by atoms with Gasteiger partial charge in [0.15, 0.2) is 0 Å². The van der Waals surface area contributed by atoms with Gasteiger partial charge < -0.3 is 5.32 Å². The number of hydrogen-bond donors (Lipinski definition) is 1. The summed E-state index contributed by atoms with van der Waals surface area (Å²) in [7, 11) is 1.56. The van der Waals surface area contributed by atoms with Crippen LogP contribution in [0.5, 0.6) is 0 Å². The van der Waals surface area contributed by atoms with Crippen molar-refractivity contribution in [1.82, 2.24) is 19.4 Å². The summed E-state index contributed by atoms with van der Waals surface area (Å²) in [6.07, 6.45) is 8.75. The summed E-state index contributed by atoms with van der Waals surface area (Å²) in [5.74, 6) is 0. The highest BCUT2D eigenvalue weighted by Gasteiger charge is 2.08. The molecule has 3 aromatic heterocycles. The van der Waals surface area contributed by atoms with Crippen LogP contribution in [0.4, 0.5) is 10.5 Å². The van der Waals surface area contributed by atoms with Crippen LogP contribution in [0, 0.1) is 11.3 Å². The highest BCUT2D eigenvalue weighted by atomic mass is 16.2. The van der Waals surface area contributed by atoms with E-state index in [2.05, 4.69) is 20.4 Å². The molecule has 0 aliphatic heterocycles. The van der Waals surface area contributed by atoms with E-state index in [1.54, 1.807) is 56.1 Å². The summed E-state index contributed by atoms with van der Waals surface area (Å²) >= 11 is 0. The fourth-order valence-corrected chi connectivity index (χ4v) is 2.83. The molecule has 0 bridgehead atoms. The Morgan fingerprint density at radius 1 is 1.17 bits per heavy atom. The van der Waals surface area contributed by atoms with Crippen molar-refractivity contribution >= 4 is 23.6 Å². The summed E-state index contributed by atoms with van der Waals surface area (Å²) in [5.41, 5.74) is 4.60. The Morgan fingerprint density at radius 2 is 2.00 bits per heavy atom. The number of benzene rings is 1. The number of pyridine rings is 2. The molecule has 0 fully saturated rings. The molecule has 4 aromatic rings. The van der Waals surface area contributed by atoms with Gasteiger partial charge in [0.1, 0.15) is 5.65 Å². The predicted octanol–water partition coefficient (Wildman–Crippen LogP) is 3.77. The van der Waals surface area contributed by atoms with Gasteiger partial charge in [-0.3, -0.25) is 9.38 Å². The molecular weight excluding hydrogens is 378 g/mol. The lowest BCUT2D eigenvalue weighted by Crippen LogP contribution is -2.27. The largest absolute Gasteiger partial charge is 0.341 e. The minimum atomic E-state index is -0.402. The Morgan fingerprint density at radius 3 is 2.73 bits per heavy atom. The number of nitrogens with one attached hydrogen (secondary N) is 1. The number of rotatable bonds is 4. The van der Waals surface area contributed by atoms with Gasteiger partial charge in [0.25, 0.3) is 0 Å². The van der Waals surface area contributed by atoms with Gasteiger partial charge in [-0.2, -0.15) is 10.4 Å². The number of urea groups is 1. The van der Waals surface area contributed by atoms with Crippen molar-refractivity contribution in [3.05, 3.63) is 84.6 Å². The van der Waals surface area contributed by atoms with Crippen LogP contribution in [0.15, 0.2) is 78.4 Å². The third kappa shape index (κ3) is 4.00. The molecule has 0 radical (unpaired) electrons. The van der Waals surface area contributed by atoms with Crippen molar-refractivity contribution in [3.63, 3.8) is 0 Å². The summed E-state index contributed by atoms with van der Waals surface area (Å²) in [6, 6.07) is 16.0. The Hall–Kier alpha value is -4.51. The first-order chi connectivity index (χ1) is 14.6. The molecule has 4 rings (SSSR count). The highest BCUT2D eigenvalue weighted by molar-refractivity contribution is 5.90. The lowest BCUT2D eigenvalue weighted by Gasteiger charge is -2.12. The lowest BCUT2D eigenvalue weighted by atomic mass is 10.1. The van der Waals surface area contributed by atoms with E-state index >= 15 is 0 Å². The third-order valence-corrected chi connectivity index (χ3v) is 4.45. The zero-order chi connectivity index (χ0) is 20.9. The van der Waals surface area contributed by atoms with E-state index in [0.717, 1.165) is 22.5 Å². The Labute approximate surface area is 172 Å². The van der Waals surface area contributed by atoms with Crippen molar-refractivity contribution in [3.8, 4) is 17.2 Å². The van der Waals surface area contributed by atoms with E-state index < -0.39 is 6.03 Å². The SMILES string of the molecule is CN(/N=C/c1cnc2ccc(-c3cccnc3)cn12)C(=O)Nc1ccc(C#N)cc1. The number of imidazole rings is 1. The van der Waals surface area contributed by atoms with Crippen LogP contribution < -0.4 is 5.32 Å². The molecule has 8 heteroatoms. The number of nitrogens with zero attached hydrogens (tertiary/aromatic N) is 6. The van der Waals surface area contributed by atoms with Crippen molar-refractivity contribution in [1.29, 1.82) is 5.26 Å². The van der Waals surface area contributed by atoms with Crippen LogP contribution in [-0.2, 0) is 0 Å². The van der Waals surface area contributed by atoms with E-state index in [1.807, 2.05) is 40.9 Å². The first-order valence-corrected chi connectivity index (χ1v) is 9.10. The fraction of sp³-hybridized carbons (Fsp3) is 0.0455. The molecule has 8 nitrogen and oxygen atoms in total. The van der Waals surface area contributed by atoms with Crippen molar-refractivity contribution in [2.24, 2.45) is 5.10 Å². The number of amides is 2. The molecule has 0 spiro atoms. The van der Waals surface area contributed by atoms with Gasteiger partial charge in [-0.05, 0) is 42.5 Å². The van der Waals surface area contributed by atoms with Crippen LogP contribution in [0.3, 0.4) is 0 Å². The second-order valence-electron chi connectivity index (χ2n) is 6.46. The maximum atomic E-state index is 12.3. The van der Waals surface area contributed by atoms with E-state index in [4.69, 9.17) is 5.26 Å². The van der Waals surface area contributed by atoms with Crippen LogP contribution in [0.2, 0.25) is 0 Å². The van der Waals surface area contributed by atoms with E-state index in [9.17, 15) is 4.79 Å². The molecule has 2 amide bonds. The third-order valence-electron chi connectivity index (χ3n) is 4.45. The number of nitriles is 1. The van der Waals surface area contributed by atoms with E-state index in [0.29, 0.717) is 11.3 Å². The molecule has 3 heterocycles. The van der Waals surface area contributed by atoms with Crippen LogP contribution in [0.1, 0.15) is 11.3 Å². The zero-order valence-corrected chi connectivity index (χ0v) is 16.1. The predicted molar refractivity (Wildman–Crippen MR) is 114 cm³/mol. The van der Waals surface area contributed by atoms with Gasteiger partial charge in [0, 0.05) is 42.5 Å². The summed E-state index contributed by atoms with van der Waals surface area (Å²) < 4.78 is 1.90. The maximum Gasteiger partial charge on any atom is 0.341 e. The first kappa shape index (κ1) is 18.8. The second-order valence-corrected chi connectivity index (χ2v) is 6.46. The van der Waals surface area contributed by atoms with Crippen LogP contribution >= 0.6 is 0 Å². The van der Waals surface area contributed by atoms with E-state index in [1.165, 1.54) is 5.01 Å². The molecule has 30 heavy (non-hydrogen) atoms. The van der Waals surface area contributed by atoms with E-state index in [-0.39, 0.29) is 0 Å². The number of hydrogen-bond acceptors (Lipinski definition) is 5. The summed E-state index contributed by atoms with van der Waals surface area (Å²) in [5, 5.41) is 17.0. The zero-order valence-electron chi connectivity index (χ0n) is 16.1. The van der Waals surface area contributed by atoms with Gasteiger partial charge >= 0.3 is 6.03 Å². The minimum Gasteiger partial charge on any atom is -0.306 e. The Kier molecular flexibility index (Phi) is 5.17. The summed E-state index contributed by atoms with van der Waals surface area (Å²) in [6.45, 7) is 0. The molecule has 0 saturated carbocycles. The summed E-state index contributed by atoms with van der Waals surface area (Å²) in [4.78, 5) is 20.9. The molecule has 0 atom stereocenters. The number of anilines is 1. The standard InChI is InChI=1S/C22H17N7O/c1-28(22(30)27-19-7-4-16(11-23)5-8-19)26-14-20-13-25-21-9-6-18(15-29(20)21)17-3-2-10-24-12-17/h2-10,12-15H,1H3,(H,27,30)/b26-14+. The molecule has 0 saturated heterocycles. The molecule has 0 aliphatic rings. The van der Waals surface area contributed by atoms with Gasteiger partial charge in [0.2, 0.25) is 0 Å². The first-order valence-electron chi connectivity index (χ1n) is 9.10. The number of hydrazone groups is 1. The van der Waals surface area contributed by atoms with Gasteiger partial charge in [-0.1, -0.05) is 6.07 Å².